The number of aliphatic imine (C=N–C) groups is 1. The molecule has 0 amide bonds. The molecule has 1 aromatic heterocycles. The van der Waals surface area contributed by atoms with E-state index in [1.54, 1.807) is 24.9 Å². The first-order valence-corrected chi connectivity index (χ1v) is 11.9. The Morgan fingerprint density at radius 3 is 2.87 bits per heavy atom. The third kappa shape index (κ3) is 4.29. The van der Waals surface area contributed by atoms with Crippen LogP contribution in [-0.4, -0.2) is 48.2 Å². The van der Waals surface area contributed by atoms with Gasteiger partial charge in [0.05, 0.1) is 30.2 Å². The fraction of sp³-hybridized carbons (Fsp3) is 0.348. The van der Waals surface area contributed by atoms with Crippen LogP contribution in [0.1, 0.15) is 19.8 Å². The molecular formula is C23H25Cl2N3OS. The van der Waals surface area contributed by atoms with E-state index in [2.05, 4.69) is 35.0 Å². The van der Waals surface area contributed by atoms with Crippen LogP contribution in [0, 0.1) is 0 Å². The summed E-state index contributed by atoms with van der Waals surface area (Å²) < 4.78 is 5.61. The number of likely N-dealkylation sites (tertiary alicyclic amines) is 1. The Hall–Kier alpha value is -1.82. The van der Waals surface area contributed by atoms with Gasteiger partial charge in [-0.15, -0.1) is 11.8 Å². The lowest BCUT2D eigenvalue weighted by Gasteiger charge is -2.15. The second-order valence-electron chi connectivity index (χ2n) is 7.17. The Morgan fingerprint density at radius 1 is 1.23 bits per heavy atom. The molecule has 0 atom stereocenters. The Balaban J connectivity index is 1.66. The van der Waals surface area contributed by atoms with Crippen molar-refractivity contribution >= 4 is 51.7 Å². The van der Waals surface area contributed by atoms with Crippen molar-refractivity contribution < 1.29 is 4.74 Å². The number of thioether (sulfide) groups is 1. The van der Waals surface area contributed by atoms with Crippen LogP contribution in [0.5, 0.6) is 5.75 Å². The van der Waals surface area contributed by atoms with Gasteiger partial charge >= 0.3 is 0 Å². The molecule has 1 aliphatic rings. The Labute approximate surface area is 191 Å². The number of nitrogens with one attached hydrogen (secondary N) is 1. The summed E-state index contributed by atoms with van der Waals surface area (Å²) in [4.78, 5) is 12.0. The standard InChI is InChI=1S/C23H25Cl2N3OS/c1-3-28-11-6-9-20(28)26-10-12-30-23-16-7-4-5-8-19(16)27-21(23)17-13-15(24)14-18(25)22(17)29-2/h4-5,7-8,13-14,27H,3,6,9-12H2,1-2H3. The number of fused-ring (bicyclic) bond motifs is 1. The summed E-state index contributed by atoms with van der Waals surface area (Å²) in [5.41, 5.74) is 2.92. The number of rotatable bonds is 7. The van der Waals surface area contributed by atoms with Gasteiger partial charge in [0.1, 0.15) is 5.75 Å². The topological polar surface area (TPSA) is 40.6 Å². The second kappa shape index (κ2) is 9.54. The highest BCUT2D eigenvalue weighted by molar-refractivity contribution is 7.99. The van der Waals surface area contributed by atoms with E-state index in [0.717, 1.165) is 48.6 Å². The highest BCUT2D eigenvalue weighted by Gasteiger charge is 2.20. The molecule has 0 spiro atoms. The molecule has 4 rings (SSSR count). The molecule has 0 unspecified atom stereocenters. The highest BCUT2D eigenvalue weighted by atomic mass is 35.5. The van der Waals surface area contributed by atoms with Crippen molar-refractivity contribution in [2.24, 2.45) is 4.99 Å². The molecular weight excluding hydrogens is 437 g/mol. The molecule has 3 aromatic rings. The van der Waals surface area contributed by atoms with Crippen LogP contribution in [0.3, 0.4) is 0 Å². The van der Waals surface area contributed by atoms with Crippen LogP contribution in [-0.2, 0) is 0 Å². The normalized spacial score (nSPS) is 15.5. The van der Waals surface area contributed by atoms with E-state index in [9.17, 15) is 0 Å². The first-order chi connectivity index (χ1) is 14.6. The van der Waals surface area contributed by atoms with E-state index in [-0.39, 0.29) is 0 Å². The van der Waals surface area contributed by atoms with Crippen molar-refractivity contribution in [2.45, 2.75) is 24.7 Å². The summed E-state index contributed by atoms with van der Waals surface area (Å²) in [6.07, 6.45) is 2.30. The summed E-state index contributed by atoms with van der Waals surface area (Å²) in [6, 6.07) is 11.9. The summed E-state index contributed by atoms with van der Waals surface area (Å²) in [5, 5.41) is 2.26. The molecule has 2 aromatic carbocycles. The van der Waals surface area contributed by atoms with Crippen LogP contribution in [0.2, 0.25) is 10.0 Å². The van der Waals surface area contributed by atoms with E-state index in [4.69, 9.17) is 32.9 Å². The molecule has 158 valence electrons. The summed E-state index contributed by atoms with van der Waals surface area (Å²) in [7, 11) is 1.63. The molecule has 0 saturated carbocycles. The monoisotopic (exact) mass is 461 g/mol. The zero-order valence-electron chi connectivity index (χ0n) is 17.2. The quantitative estimate of drug-likeness (QED) is 0.312. The van der Waals surface area contributed by atoms with Gasteiger partial charge in [-0.1, -0.05) is 41.4 Å². The minimum atomic E-state index is 0.502. The SMILES string of the molecule is CCN1CCCC1=NCCSc1c(-c2cc(Cl)cc(Cl)c2OC)[nH]c2ccccc12. The summed E-state index contributed by atoms with van der Waals surface area (Å²) >= 11 is 14.5. The predicted molar refractivity (Wildman–Crippen MR) is 130 cm³/mol. The zero-order valence-corrected chi connectivity index (χ0v) is 19.5. The van der Waals surface area contributed by atoms with E-state index >= 15 is 0 Å². The van der Waals surface area contributed by atoms with Crippen molar-refractivity contribution in [3.8, 4) is 17.0 Å². The minimum Gasteiger partial charge on any atom is -0.494 e. The Bertz CT molecular complexity index is 1080. The maximum Gasteiger partial charge on any atom is 0.146 e. The Kier molecular flexibility index (Phi) is 6.81. The molecule has 0 radical (unpaired) electrons. The number of H-pyrrole nitrogens is 1. The van der Waals surface area contributed by atoms with Gasteiger partial charge in [-0.2, -0.15) is 0 Å². The number of benzene rings is 2. The zero-order chi connectivity index (χ0) is 21.1. The number of nitrogens with zero attached hydrogens (tertiary/aromatic N) is 2. The number of amidine groups is 1. The van der Waals surface area contributed by atoms with Gasteiger partial charge < -0.3 is 14.6 Å². The maximum atomic E-state index is 6.41. The third-order valence-electron chi connectivity index (χ3n) is 5.35. The van der Waals surface area contributed by atoms with Gasteiger partial charge in [-0.3, -0.25) is 4.99 Å². The smallest absolute Gasteiger partial charge is 0.146 e. The average molecular weight is 462 g/mol. The van der Waals surface area contributed by atoms with E-state index in [0.29, 0.717) is 15.8 Å². The summed E-state index contributed by atoms with van der Waals surface area (Å²) in [6.45, 7) is 5.15. The predicted octanol–water partition coefficient (Wildman–Crippen LogP) is 6.76. The van der Waals surface area contributed by atoms with Crippen molar-refractivity contribution in [3.05, 3.63) is 46.4 Å². The van der Waals surface area contributed by atoms with Gasteiger partial charge in [0.2, 0.25) is 0 Å². The number of aromatic nitrogens is 1. The number of halogens is 2. The van der Waals surface area contributed by atoms with Gasteiger partial charge in [0.15, 0.2) is 0 Å². The molecule has 30 heavy (non-hydrogen) atoms. The number of ether oxygens (including phenoxy) is 1. The fourth-order valence-corrected chi connectivity index (χ4v) is 5.56. The molecule has 1 aliphatic heterocycles. The lowest BCUT2D eigenvalue weighted by atomic mass is 10.1. The molecule has 4 nitrogen and oxygen atoms in total. The molecule has 0 aliphatic carbocycles. The lowest BCUT2D eigenvalue weighted by molar-refractivity contribution is 0.416. The van der Waals surface area contributed by atoms with Crippen LogP contribution < -0.4 is 4.74 Å². The number of aromatic amines is 1. The third-order valence-corrected chi connectivity index (χ3v) is 6.95. The van der Waals surface area contributed by atoms with Crippen LogP contribution >= 0.6 is 35.0 Å². The van der Waals surface area contributed by atoms with Crippen molar-refractivity contribution in [3.63, 3.8) is 0 Å². The average Bonchev–Trinajstić information content (AvgIpc) is 3.35. The van der Waals surface area contributed by atoms with Crippen LogP contribution in [0.25, 0.3) is 22.2 Å². The van der Waals surface area contributed by atoms with E-state index in [1.807, 2.05) is 12.1 Å². The van der Waals surface area contributed by atoms with Crippen LogP contribution in [0.4, 0.5) is 0 Å². The van der Waals surface area contributed by atoms with Gasteiger partial charge in [0, 0.05) is 51.6 Å². The van der Waals surface area contributed by atoms with Crippen molar-refractivity contribution in [2.75, 3.05) is 32.5 Å². The molecule has 7 heteroatoms. The van der Waals surface area contributed by atoms with Crippen LogP contribution in [0.15, 0.2) is 46.3 Å². The first kappa shape index (κ1) is 21.4. The van der Waals surface area contributed by atoms with Gasteiger partial charge in [0.25, 0.3) is 0 Å². The minimum absolute atomic E-state index is 0.502. The van der Waals surface area contributed by atoms with Crippen molar-refractivity contribution in [1.82, 2.24) is 9.88 Å². The number of hydrogen-bond donors (Lipinski definition) is 1. The van der Waals surface area contributed by atoms with Gasteiger partial charge in [-0.05, 0) is 31.5 Å². The molecule has 0 bridgehead atoms. The fourth-order valence-electron chi connectivity index (χ4n) is 3.97. The second-order valence-corrected chi connectivity index (χ2v) is 9.12. The number of hydrogen-bond acceptors (Lipinski definition) is 3. The van der Waals surface area contributed by atoms with E-state index in [1.165, 1.54) is 22.5 Å². The molecule has 2 heterocycles. The summed E-state index contributed by atoms with van der Waals surface area (Å²) in [5.74, 6) is 2.77. The number of methoxy groups -OCH3 is 1. The molecule has 1 N–H and O–H groups in total. The number of para-hydroxylation sites is 1. The van der Waals surface area contributed by atoms with E-state index < -0.39 is 0 Å². The first-order valence-electron chi connectivity index (χ1n) is 10.2. The maximum absolute atomic E-state index is 6.41. The largest absolute Gasteiger partial charge is 0.494 e. The lowest BCUT2D eigenvalue weighted by Crippen LogP contribution is -2.24. The molecule has 1 saturated heterocycles. The van der Waals surface area contributed by atoms with Crippen molar-refractivity contribution in [1.29, 1.82) is 0 Å². The van der Waals surface area contributed by atoms with Gasteiger partial charge in [-0.25, -0.2) is 0 Å². The highest BCUT2D eigenvalue weighted by Crippen LogP contribution is 2.44. The molecule has 1 fully saturated rings. The Morgan fingerprint density at radius 2 is 2.07 bits per heavy atom.